The van der Waals surface area contributed by atoms with Crippen molar-refractivity contribution in [2.75, 3.05) is 13.7 Å². The standard InChI is InChI=1S/C21H18N2O3/c1-25-21(24)18(15-22)14-16-6-8-19(9-7-16)26-13-12-23-11-10-17-4-2-3-5-20(17)23/h2-11,14H,12-13H2,1H3/b18-14+. The Morgan fingerprint density at radius 3 is 2.65 bits per heavy atom. The number of fused-ring (bicyclic) bond motifs is 1. The molecule has 0 fully saturated rings. The van der Waals surface area contributed by atoms with Crippen molar-refractivity contribution in [3.8, 4) is 11.8 Å². The van der Waals surface area contributed by atoms with E-state index in [0.717, 1.165) is 17.9 Å². The highest BCUT2D eigenvalue weighted by atomic mass is 16.5. The Hall–Kier alpha value is -3.52. The summed E-state index contributed by atoms with van der Waals surface area (Å²) in [7, 11) is 1.25. The number of para-hydroxylation sites is 1. The highest BCUT2D eigenvalue weighted by molar-refractivity contribution is 5.97. The predicted octanol–water partition coefficient (Wildman–Crippen LogP) is 3.80. The maximum atomic E-state index is 11.4. The van der Waals surface area contributed by atoms with Crippen LogP contribution in [-0.2, 0) is 16.1 Å². The third-order valence-corrected chi connectivity index (χ3v) is 4.00. The molecule has 0 aliphatic rings. The monoisotopic (exact) mass is 346 g/mol. The van der Waals surface area contributed by atoms with Gasteiger partial charge in [-0.15, -0.1) is 0 Å². The van der Waals surface area contributed by atoms with Crippen LogP contribution in [0.25, 0.3) is 17.0 Å². The number of benzene rings is 2. The van der Waals surface area contributed by atoms with Gasteiger partial charge in [0, 0.05) is 11.7 Å². The molecule has 0 amide bonds. The fourth-order valence-corrected chi connectivity index (χ4v) is 2.67. The Balaban J connectivity index is 1.60. The number of methoxy groups -OCH3 is 1. The lowest BCUT2D eigenvalue weighted by Crippen LogP contribution is -2.07. The Morgan fingerprint density at radius 1 is 1.15 bits per heavy atom. The molecule has 5 heteroatoms. The van der Waals surface area contributed by atoms with Crippen LogP contribution in [0, 0.1) is 11.3 Å². The van der Waals surface area contributed by atoms with Gasteiger partial charge < -0.3 is 14.0 Å². The average Bonchev–Trinajstić information content (AvgIpc) is 3.10. The molecule has 0 aliphatic heterocycles. The van der Waals surface area contributed by atoms with E-state index in [9.17, 15) is 4.79 Å². The van der Waals surface area contributed by atoms with Gasteiger partial charge in [-0.25, -0.2) is 4.79 Å². The van der Waals surface area contributed by atoms with Gasteiger partial charge in [-0.05, 0) is 41.3 Å². The van der Waals surface area contributed by atoms with Crippen LogP contribution < -0.4 is 4.74 Å². The minimum atomic E-state index is -0.647. The van der Waals surface area contributed by atoms with Gasteiger partial charge in [0.05, 0.1) is 13.7 Å². The number of ether oxygens (including phenoxy) is 2. The Bertz CT molecular complexity index is 978. The molecule has 3 rings (SSSR count). The molecule has 0 N–H and O–H groups in total. The zero-order chi connectivity index (χ0) is 18.4. The van der Waals surface area contributed by atoms with Crippen molar-refractivity contribution in [2.24, 2.45) is 0 Å². The van der Waals surface area contributed by atoms with Gasteiger partial charge in [0.15, 0.2) is 0 Å². The van der Waals surface area contributed by atoms with E-state index in [1.165, 1.54) is 24.1 Å². The molecular weight excluding hydrogens is 328 g/mol. The van der Waals surface area contributed by atoms with Crippen LogP contribution in [0.2, 0.25) is 0 Å². The summed E-state index contributed by atoms with van der Waals surface area (Å²) in [6, 6.07) is 19.4. The lowest BCUT2D eigenvalue weighted by atomic mass is 10.1. The first-order valence-electron chi connectivity index (χ1n) is 8.18. The second-order valence-electron chi connectivity index (χ2n) is 5.65. The van der Waals surface area contributed by atoms with Gasteiger partial charge in [-0.3, -0.25) is 0 Å². The minimum absolute atomic E-state index is 0.0411. The van der Waals surface area contributed by atoms with Gasteiger partial charge in [-0.2, -0.15) is 5.26 Å². The van der Waals surface area contributed by atoms with Gasteiger partial charge in [-0.1, -0.05) is 30.3 Å². The zero-order valence-corrected chi connectivity index (χ0v) is 14.4. The van der Waals surface area contributed by atoms with E-state index in [1.807, 2.05) is 30.3 Å². The normalized spacial score (nSPS) is 11.2. The molecule has 5 nitrogen and oxygen atoms in total. The van der Waals surface area contributed by atoms with Crippen LogP contribution in [0.5, 0.6) is 5.75 Å². The predicted molar refractivity (Wildman–Crippen MR) is 99.5 cm³/mol. The summed E-state index contributed by atoms with van der Waals surface area (Å²) in [5.74, 6) is 0.0852. The number of hydrogen-bond acceptors (Lipinski definition) is 4. The SMILES string of the molecule is COC(=O)/C(C#N)=C/c1ccc(OCCn2ccc3ccccc32)cc1. The van der Waals surface area contributed by atoms with Crippen LogP contribution in [0.1, 0.15) is 5.56 Å². The van der Waals surface area contributed by atoms with Crippen molar-refractivity contribution in [3.05, 3.63) is 71.9 Å². The molecular formula is C21H18N2O3. The molecule has 0 bridgehead atoms. The fraction of sp³-hybridized carbons (Fsp3) is 0.143. The molecule has 0 spiro atoms. The van der Waals surface area contributed by atoms with E-state index in [0.29, 0.717) is 6.61 Å². The number of carbonyl (C=O) groups is 1. The molecule has 130 valence electrons. The topological polar surface area (TPSA) is 64.2 Å². The van der Waals surface area contributed by atoms with Crippen molar-refractivity contribution in [3.63, 3.8) is 0 Å². The van der Waals surface area contributed by atoms with Gasteiger partial charge >= 0.3 is 5.97 Å². The van der Waals surface area contributed by atoms with Crippen molar-refractivity contribution in [1.29, 1.82) is 5.26 Å². The number of nitrogens with zero attached hydrogens (tertiary/aromatic N) is 2. The van der Waals surface area contributed by atoms with Gasteiger partial charge in [0.25, 0.3) is 0 Å². The minimum Gasteiger partial charge on any atom is -0.492 e. The summed E-state index contributed by atoms with van der Waals surface area (Å²) in [5, 5.41) is 10.2. The Labute approximate surface area is 151 Å². The number of rotatable bonds is 6. The number of hydrogen-bond donors (Lipinski definition) is 0. The second kappa shape index (κ2) is 8.04. The zero-order valence-electron chi connectivity index (χ0n) is 14.4. The number of carbonyl (C=O) groups excluding carboxylic acids is 1. The Kier molecular flexibility index (Phi) is 5.35. The second-order valence-corrected chi connectivity index (χ2v) is 5.65. The molecule has 2 aromatic carbocycles. The quantitative estimate of drug-likeness (QED) is 0.387. The van der Waals surface area contributed by atoms with E-state index in [4.69, 9.17) is 10.00 Å². The summed E-state index contributed by atoms with van der Waals surface area (Å²) in [5.41, 5.74) is 1.87. The highest BCUT2D eigenvalue weighted by Gasteiger charge is 2.08. The van der Waals surface area contributed by atoms with E-state index in [2.05, 4.69) is 33.7 Å². The van der Waals surface area contributed by atoms with Gasteiger partial charge in [0.1, 0.15) is 24.0 Å². The van der Waals surface area contributed by atoms with Gasteiger partial charge in [0.2, 0.25) is 0 Å². The third-order valence-electron chi connectivity index (χ3n) is 4.00. The lowest BCUT2D eigenvalue weighted by Gasteiger charge is -2.08. The number of aromatic nitrogens is 1. The van der Waals surface area contributed by atoms with Crippen LogP contribution in [0.4, 0.5) is 0 Å². The van der Waals surface area contributed by atoms with Crippen LogP contribution in [0.3, 0.4) is 0 Å². The molecule has 0 radical (unpaired) electrons. The maximum Gasteiger partial charge on any atom is 0.348 e. The van der Waals surface area contributed by atoms with E-state index < -0.39 is 5.97 Å². The van der Waals surface area contributed by atoms with E-state index >= 15 is 0 Å². The van der Waals surface area contributed by atoms with Crippen LogP contribution in [-0.4, -0.2) is 24.3 Å². The molecule has 0 saturated heterocycles. The fourth-order valence-electron chi connectivity index (χ4n) is 2.67. The largest absolute Gasteiger partial charge is 0.492 e. The first kappa shape index (κ1) is 17.3. The summed E-state index contributed by atoms with van der Waals surface area (Å²) in [4.78, 5) is 11.4. The van der Waals surface area contributed by atoms with Crippen LogP contribution in [0.15, 0.2) is 66.4 Å². The smallest absolute Gasteiger partial charge is 0.348 e. The third kappa shape index (κ3) is 3.93. The molecule has 26 heavy (non-hydrogen) atoms. The summed E-state index contributed by atoms with van der Waals surface area (Å²) in [6.07, 6.45) is 3.54. The number of nitriles is 1. The average molecular weight is 346 g/mol. The van der Waals surface area contributed by atoms with Crippen molar-refractivity contribution < 1.29 is 14.3 Å². The molecule has 0 unspecified atom stereocenters. The first-order chi connectivity index (χ1) is 12.7. The van der Waals surface area contributed by atoms with E-state index in [1.54, 1.807) is 12.1 Å². The van der Waals surface area contributed by atoms with Crippen molar-refractivity contribution >= 4 is 22.9 Å². The highest BCUT2D eigenvalue weighted by Crippen LogP contribution is 2.17. The van der Waals surface area contributed by atoms with Crippen LogP contribution >= 0.6 is 0 Å². The molecule has 1 heterocycles. The first-order valence-corrected chi connectivity index (χ1v) is 8.18. The summed E-state index contributed by atoms with van der Waals surface area (Å²) in [6.45, 7) is 1.29. The summed E-state index contributed by atoms with van der Waals surface area (Å²) < 4.78 is 12.5. The lowest BCUT2D eigenvalue weighted by molar-refractivity contribution is -0.135. The number of esters is 1. The summed E-state index contributed by atoms with van der Waals surface area (Å²) >= 11 is 0. The molecule has 3 aromatic rings. The Morgan fingerprint density at radius 2 is 1.92 bits per heavy atom. The molecule has 1 aromatic heterocycles. The molecule has 0 atom stereocenters. The maximum absolute atomic E-state index is 11.4. The molecule has 0 saturated carbocycles. The van der Waals surface area contributed by atoms with E-state index in [-0.39, 0.29) is 5.57 Å². The molecule has 0 aliphatic carbocycles. The van der Waals surface area contributed by atoms with Crippen molar-refractivity contribution in [2.45, 2.75) is 6.54 Å². The van der Waals surface area contributed by atoms with Crippen molar-refractivity contribution in [1.82, 2.24) is 4.57 Å².